The maximum atomic E-state index is 12.6. The first-order chi connectivity index (χ1) is 14.2. The van der Waals surface area contributed by atoms with Gasteiger partial charge in [0, 0.05) is 67.4 Å². The van der Waals surface area contributed by atoms with Crippen molar-refractivity contribution in [3.05, 3.63) is 88.1 Å². The lowest BCUT2D eigenvalue weighted by molar-refractivity contribution is 0.115. The second-order valence-electron chi connectivity index (χ2n) is 8.13. The largest absolute Gasteiger partial charge is 0.311 e. The van der Waals surface area contributed by atoms with Crippen molar-refractivity contribution in [1.29, 1.82) is 5.26 Å². The third kappa shape index (κ3) is 3.37. The molecule has 2 aliphatic heterocycles. The summed E-state index contributed by atoms with van der Waals surface area (Å²) in [5.41, 5.74) is 5.30. The van der Waals surface area contributed by atoms with E-state index in [2.05, 4.69) is 28.1 Å². The van der Waals surface area contributed by atoms with Crippen molar-refractivity contribution >= 4 is 0 Å². The maximum Gasteiger partial charge on any atom is 0.250 e. The summed E-state index contributed by atoms with van der Waals surface area (Å²) >= 11 is 0. The molecule has 0 aliphatic carbocycles. The molecule has 29 heavy (non-hydrogen) atoms. The van der Waals surface area contributed by atoms with E-state index >= 15 is 0 Å². The van der Waals surface area contributed by atoms with Crippen molar-refractivity contribution in [2.75, 3.05) is 13.1 Å². The Morgan fingerprint density at radius 1 is 1.10 bits per heavy atom. The number of rotatable bonds is 3. The Morgan fingerprint density at radius 3 is 2.86 bits per heavy atom. The van der Waals surface area contributed by atoms with E-state index in [0.29, 0.717) is 17.4 Å². The first-order valence-electron chi connectivity index (χ1n) is 10.1. The van der Waals surface area contributed by atoms with Gasteiger partial charge in [0.1, 0.15) is 0 Å². The van der Waals surface area contributed by atoms with Crippen LogP contribution in [0.4, 0.5) is 0 Å². The fourth-order valence-electron chi connectivity index (χ4n) is 5.01. The predicted octanol–water partition coefficient (Wildman–Crippen LogP) is 3.40. The van der Waals surface area contributed by atoms with Gasteiger partial charge in [-0.3, -0.25) is 14.7 Å². The molecule has 0 unspecified atom stereocenters. The molecule has 5 heteroatoms. The van der Waals surface area contributed by atoms with E-state index < -0.39 is 0 Å². The minimum atomic E-state index is 0.0949. The normalized spacial score (nSPS) is 20.7. The van der Waals surface area contributed by atoms with Crippen LogP contribution in [0.3, 0.4) is 0 Å². The molecule has 2 aromatic heterocycles. The highest BCUT2D eigenvalue weighted by atomic mass is 16.1. The Balaban J connectivity index is 1.49. The van der Waals surface area contributed by atoms with Crippen molar-refractivity contribution in [2.24, 2.45) is 5.92 Å². The van der Waals surface area contributed by atoms with Crippen LogP contribution >= 0.6 is 0 Å². The molecule has 5 rings (SSSR count). The highest BCUT2D eigenvalue weighted by molar-refractivity contribution is 5.66. The zero-order valence-corrected chi connectivity index (χ0v) is 16.2. The lowest BCUT2D eigenvalue weighted by Crippen LogP contribution is -2.47. The molecule has 2 atom stereocenters. The molecule has 5 nitrogen and oxygen atoms in total. The molecule has 144 valence electrons. The number of hydrogen-bond donors (Lipinski definition) is 0. The van der Waals surface area contributed by atoms with E-state index in [1.807, 2.05) is 41.1 Å². The van der Waals surface area contributed by atoms with Crippen molar-refractivity contribution < 1.29 is 0 Å². The standard InChI is InChI=1S/C24H22N4O/c25-11-17-3-1-4-18(9-17)13-27-14-19-10-21(16-27)24-22(20-5-2-8-26-12-20)6-7-23(29)28(24)15-19/h1-9,12,19,21H,10,13-16H2/t19-,21+/m0/s1. The van der Waals surface area contributed by atoms with E-state index in [9.17, 15) is 10.1 Å². The smallest absolute Gasteiger partial charge is 0.250 e. The molecule has 1 saturated heterocycles. The number of hydrogen-bond acceptors (Lipinski definition) is 4. The summed E-state index contributed by atoms with van der Waals surface area (Å²) in [6.45, 7) is 3.51. The number of benzene rings is 1. The SMILES string of the molecule is N#Cc1cccc(CN2C[C@@H]3C[C@H](C2)c2c(-c4cccnc4)ccc(=O)n2C3)c1. The predicted molar refractivity (Wildman–Crippen MR) is 111 cm³/mol. The molecule has 2 aliphatic rings. The van der Waals surface area contributed by atoms with Crippen molar-refractivity contribution in [3.63, 3.8) is 0 Å². The van der Waals surface area contributed by atoms with Gasteiger partial charge in [0.15, 0.2) is 0 Å². The molecular weight excluding hydrogens is 360 g/mol. The van der Waals surface area contributed by atoms with Crippen LogP contribution in [0.5, 0.6) is 0 Å². The van der Waals surface area contributed by atoms with Crippen molar-refractivity contribution in [3.8, 4) is 17.2 Å². The van der Waals surface area contributed by atoms with E-state index in [-0.39, 0.29) is 5.56 Å². The third-order valence-corrected chi connectivity index (χ3v) is 6.10. The zero-order valence-electron chi connectivity index (χ0n) is 16.2. The summed E-state index contributed by atoms with van der Waals surface area (Å²) < 4.78 is 1.99. The Bertz CT molecular complexity index is 1150. The second kappa shape index (κ2) is 7.31. The van der Waals surface area contributed by atoms with Gasteiger partial charge in [0.05, 0.1) is 11.6 Å². The number of fused-ring (bicyclic) bond motifs is 4. The molecule has 2 bridgehead atoms. The third-order valence-electron chi connectivity index (χ3n) is 6.10. The highest BCUT2D eigenvalue weighted by Crippen LogP contribution is 2.40. The summed E-state index contributed by atoms with van der Waals surface area (Å²) in [6.07, 6.45) is 4.77. The number of nitrogens with zero attached hydrogens (tertiary/aromatic N) is 4. The molecule has 0 radical (unpaired) electrons. The van der Waals surface area contributed by atoms with Crippen LogP contribution in [0.1, 0.15) is 29.2 Å². The van der Waals surface area contributed by atoms with Gasteiger partial charge in [-0.15, -0.1) is 0 Å². The lowest BCUT2D eigenvalue weighted by atomic mass is 9.80. The number of aromatic nitrogens is 2. The quantitative estimate of drug-likeness (QED) is 0.697. The number of piperidine rings is 1. The second-order valence-corrected chi connectivity index (χ2v) is 8.13. The minimum Gasteiger partial charge on any atom is -0.311 e. The fraction of sp³-hybridized carbons (Fsp3) is 0.292. The molecule has 0 N–H and O–H groups in total. The molecule has 0 amide bonds. The van der Waals surface area contributed by atoms with Gasteiger partial charge in [-0.2, -0.15) is 5.26 Å². The van der Waals surface area contributed by atoms with Crippen LogP contribution in [0.2, 0.25) is 0 Å². The summed E-state index contributed by atoms with van der Waals surface area (Å²) in [4.78, 5) is 19.4. The van der Waals surface area contributed by atoms with Gasteiger partial charge in [-0.1, -0.05) is 18.2 Å². The van der Waals surface area contributed by atoms with E-state index in [1.165, 1.54) is 5.56 Å². The van der Waals surface area contributed by atoms with Gasteiger partial charge in [0.25, 0.3) is 5.56 Å². The molecule has 3 aromatic rings. The lowest BCUT2D eigenvalue weighted by Gasteiger charge is -2.43. The van der Waals surface area contributed by atoms with Crippen molar-refractivity contribution in [2.45, 2.75) is 25.4 Å². The Morgan fingerprint density at radius 2 is 2.03 bits per heavy atom. The highest BCUT2D eigenvalue weighted by Gasteiger charge is 2.36. The van der Waals surface area contributed by atoms with Crippen LogP contribution in [0, 0.1) is 17.2 Å². The van der Waals surface area contributed by atoms with E-state index in [0.717, 1.165) is 49.4 Å². The average molecular weight is 382 g/mol. The van der Waals surface area contributed by atoms with Crippen LogP contribution in [-0.2, 0) is 13.1 Å². The van der Waals surface area contributed by atoms with Gasteiger partial charge in [0.2, 0.25) is 0 Å². The van der Waals surface area contributed by atoms with E-state index in [1.54, 1.807) is 12.3 Å². The molecular formula is C24H22N4O. The van der Waals surface area contributed by atoms with Crippen LogP contribution < -0.4 is 5.56 Å². The van der Waals surface area contributed by atoms with E-state index in [4.69, 9.17) is 0 Å². The summed E-state index contributed by atoms with van der Waals surface area (Å²) in [5.74, 6) is 0.799. The van der Waals surface area contributed by atoms with Gasteiger partial charge >= 0.3 is 0 Å². The average Bonchev–Trinajstić information content (AvgIpc) is 2.75. The summed E-state index contributed by atoms with van der Waals surface area (Å²) in [6, 6.07) is 17.7. The Kier molecular flexibility index (Phi) is 4.49. The van der Waals surface area contributed by atoms with Gasteiger partial charge in [-0.25, -0.2) is 0 Å². The number of nitriles is 1. The molecule has 4 heterocycles. The van der Waals surface area contributed by atoms with Crippen LogP contribution in [0.25, 0.3) is 11.1 Å². The zero-order chi connectivity index (χ0) is 19.8. The van der Waals surface area contributed by atoms with Crippen LogP contribution in [-0.4, -0.2) is 27.5 Å². The maximum absolute atomic E-state index is 12.6. The summed E-state index contributed by atoms with van der Waals surface area (Å²) in [5, 5.41) is 9.17. The molecule has 0 saturated carbocycles. The fourth-order valence-corrected chi connectivity index (χ4v) is 5.01. The minimum absolute atomic E-state index is 0.0949. The Hall–Kier alpha value is -3.23. The topological polar surface area (TPSA) is 61.9 Å². The van der Waals surface area contributed by atoms with Gasteiger partial charge in [-0.05, 0) is 42.2 Å². The van der Waals surface area contributed by atoms with Gasteiger partial charge < -0.3 is 4.57 Å². The van der Waals surface area contributed by atoms with Crippen molar-refractivity contribution in [1.82, 2.24) is 14.5 Å². The monoisotopic (exact) mass is 382 g/mol. The Labute approximate surface area is 169 Å². The first kappa shape index (κ1) is 17.8. The number of likely N-dealkylation sites (tertiary alicyclic amines) is 1. The summed E-state index contributed by atoms with van der Waals surface area (Å²) in [7, 11) is 0. The van der Waals surface area contributed by atoms with Crippen LogP contribution in [0.15, 0.2) is 65.7 Å². The molecule has 1 fully saturated rings. The number of pyridine rings is 2. The first-order valence-corrected chi connectivity index (χ1v) is 10.1. The molecule has 0 spiro atoms. The molecule has 1 aromatic carbocycles.